The molecule has 0 fully saturated rings. The number of hydrogen-bond acceptors (Lipinski definition) is 6. The first kappa shape index (κ1) is 22.1. The van der Waals surface area contributed by atoms with E-state index in [1.807, 2.05) is 0 Å². The van der Waals surface area contributed by atoms with Gasteiger partial charge in [-0.15, -0.1) is 0 Å². The number of esters is 2. The Balaban J connectivity index is 3.10. The molecule has 10 heteroatoms. The molecule has 0 aliphatic carbocycles. The van der Waals surface area contributed by atoms with Crippen molar-refractivity contribution >= 4 is 17.7 Å². The Labute approximate surface area is 152 Å². The summed E-state index contributed by atoms with van der Waals surface area (Å²) in [7, 11) is 0. The van der Waals surface area contributed by atoms with Crippen molar-refractivity contribution in [3.05, 3.63) is 46.7 Å². The zero-order valence-corrected chi connectivity index (χ0v) is 14.5. The largest absolute Gasteiger partial charge is 0.466 e. The summed E-state index contributed by atoms with van der Waals surface area (Å²) in [6, 6.07) is 0.141. The molecule has 1 aromatic carbocycles. The Hall–Kier alpha value is -2.91. The van der Waals surface area contributed by atoms with Crippen LogP contribution in [0, 0.1) is 23.3 Å². The number of benzene rings is 1. The van der Waals surface area contributed by atoms with Crippen molar-refractivity contribution in [1.29, 1.82) is 0 Å². The van der Waals surface area contributed by atoms with Gasteiger partial charge in [0.2, 0.25) is 5.78 Å². The average molecular weight is 391 g/mol. The van der Waals surface area contributed by atoms with Crippen LogP contribution in [0.3, 0.4) is 0 Å². The van der Waals surface area contributed by atoms with E-state index in [0.717, 1.165) is 6.20 Å². The van der Waals surface area contributed by atoms with Crippen LogP contribution in [0.1, 0.15) is 30.6 Å². The number of nitrogens with one attached hydrogen (secondary N) is 1. The van der Waals surface area contributed by atoms with E-state index in [0.29, 0.717) is 0 Å². The summed E-state index contributed by atoms with van der Waals surface area (Å²) in [5, 5.41) is 2.46. The topological polar surface area (TPSA) is 81.7 Å². The monoisotopic (exact) mass is 391 g/mol. The predicted molar refractivity (Wildman–Crippen MR) is 84.6 cm³/mol. The quantitative estimate of drug-likeness (QED) is 0.0802. The Morgan fingerprint density at radius 3 is 2.22 bits per heavy atom. The lowest BCUT2D eigenvalue weighted by Crippen LogP contribution is -2.22. The zero-order valence-electron chi connectivity index (χ0n) is 14.5. The smallest absolute Gasteiger partial charge is 0.343 e. The third-order valence-electron chi connectivity index (χ3n) is 3.11. The average Bonchev–Trinajstić information content (AvgIpc) is 2.62. The van der Waals surface area contributed by atoms with Crippen LogP contribution in [-0.2, 0) is 19.1 Å². The van der Waals surface area contributed by atoms with Gasteiger partial charge >= 0.3 is 11.9 Å². The first-order chi connectivity index (χ1) is 12.7. The Kier molecular flexibility index (Phi) is 8.43. The van der Waals surface area contributed by atoms with Crippen molar-refractivity contribution in [2.45, 2.75) is 20.3 Å². The van der Waals surface area contributed by atoms with Crippen LogP contribution in [0.2, 0.25) is 0 Å². The van der Waals surface area contributed by atoms with E-state index in [1.165, 1.54) is 6.92 Å². The molecule has 0 aromatic heterocycles. The second-order valence-electron chi connectivity index (χ2n) is 4.96. The summed E-state index contributed by atoms with van der Waals surface area (Å²) in [5.74, 6) is -11.2. The second kappa shape index (κ2) is 10.3. The van der Waals surface area contributed by atoms with Gasteiger partial charge in [0.25, 0.3) is 0 Å². The number of rotatable bonds is 9. The highest BCUT2D eigenvalue weighted by Gasteiger charge is 2.28. The molecule has 0 radical (unpaired) electrons. The molecule has 1 rings (SSSR count). The minimum absolute atomic E-state index is 0.0519. The predicted octanol–water partition coefficient (Wildman–Crippen LogP) is 2.42. The molecule has 148 valence electrons. The number of ketones is 1. The number of ether oxygens (including phenoxy) is 2. The summed E-state index contributed by atoms with van der Waals surface area (Å²) in [5.41, 5.74) is -1.97. The van der Waals surface area contributed by atoms with E-state index < -0.39 is 52.1 Å². The minimum atomic E-state index is -2.18. The number of halogens is 4. The van der Waals surface area contributed by atoms with Crippen molar-refractivity contribution in [3.8, 4) is 0 Å². The molecule has 6 nitrogen and oxygen atoms in total. The standard InChI is InChI=1S/C17H17F4NO5/c1-3-26-12(23)5-6-22-8-10(17(25)27-4-2)16(24)9-7-11(18)14(20)15(21)13(9)19/h7-8,22H,3-6H2,1-2H3/b10-8+. The van der Waals surface area contributed by atoms with Gasteiger partial charge < -0.3 is 14.8 Å². The molecular formula is C17H17F4NO5. The van der Waals surface area contributed by atoms with Crippen LogP contribution < -0.4 is 5.32 Å². The molecule has 0 aliphatic heterocycles. The SMILES string of the molecule is CCOC(=O)CCN/C=C(/C(=O)OCC)C(=O)c1cc(F)c(F)c(F)c1F. The Morgan fingerprint density at radius 2 is 1.63 bits per heavy atom. The third-order valence-corrected chi connectivity index (χ3v) is 3.11. The summed E-state index contributed by atoms with van der Waals surface area (Å²) in [4.78, 5) is 35.5. The van der Waals surface area contributed by atoms with Gasteiger partial charge in [-0.2, -0.15) is 0 Å². The van der Waals surface area contributed by atoms with Crippen molar-refractivity contribution in [2.75, 3.05) is 19.8 Å². The minimum Gasteiger partial charge on any atom is -0.466 e. The van der Waals surface area contributed by atoms with Crippen molar-refractivity contribution in [1.82, 2.24) is 5.32 Å². The lowest BCUT2D eigenvalue weighted by molar-refractivity contribution is -0.143. The molecule has 27 heavy (non-hydrogen) atoms. The van der Waals surface area contributed by atoms with Crippen LogP contribution in [0.15, 0.2) is 17.8 Å². The molecule has 0 amide bonds. The molecule has 0 aliphatic rings. The fourth-order valence-electron chi connectivity index (χ4n) is 1.89. The van der Waals surface area contributed by atoms with E-state index in [1.54, 1.807) is 6.92 Å². The first-order valence-electron chi connectivity index (χ1n) is 7.88. The molecule has 1 aromatic rings. The number of hydrogen-bond donors (Lipinski definition) is 1. The maximum atomic E-state index is 13.8. The zero-order chi connectivity index (χ0) is 20.6. The van der Waals surface area contributed by atoms with Gasteiger partial charge in [-0.25, -0.2) is 22.4 Å². The molecular weight excluding hydrogens is 374 g/mol. The van der Waals surface area contributed by atoms with Crippen LogP contribution >= 0.6 is 0 Å². The molecule has 0 spiro atoms. The van der Waals surface area contributed by atoms with Gasteiger partial charge in [0.1, 0.15) is 5.57 Å². The molecule has 0 bridgehead atoms. The molecule has 1 N–H and O–H groups in total. The van der Waals surface area contributed by atoms with Crippen LogP contribution in [-0.4, -0.2) is 37.5 Å². The molecule has 0 unspecified atom stereocenters. The molecule has 0 heterocycles. The normalized spacial score (nSPS) is 11.1. The lowest BCUT2D eigenvalue weighted by atomic mass is 10.0. The van der Waals surface area contributed by atoms with Crippen molar-refractivity contribution < 1.29 is 41.4 Å². The van der Waals surface area contributed by atoms with Crippen LogP contribution in [0.25, 0.3) is 0 Å². The summed E-state index contributed by atoms with van der Waals surface area (Å²) < 4.78 is 62.9. The third kappa shape index (κ3) is 5.80. The Morgan fingerprint density at radius 1 is 1.00 bits per heavy atom. The summed E-state index contributed by atoms with van der Waals surface area (Å²) in [6.07, 6.45) is 0.709. The first-order valence-corrected chi connectivity index (χ1v) is 7.88. The van der Waals surface area contributed by atoms with Crippen molar-refractivity contribution in [2.24, 2.45) is 0 Å². The fraction of sp³-hybridized carbons (Fsp3) is 0.353. The highest BCUT2D eigenvalue weighted by Crippen LogP contribution is 2.21. The van der Waals surface area contributed by atoms with E-state index in [-0.39, 0.29) is 32.2 Å². The maximum Gasteiger partial charge on any atom is 0.343 e. The second-order valence-corrected chi connectivity index (χ2v) is 4.96. The highest BCUT2D eigenvalue weighted by atomic mass is 19.2. The van der Waals surface area contributed by atoms with Gasteiger partial charge in [0.05, 0.1) is 25.2 Å². The van der Waals surface area contributed by atoms with Gasteiger partial charge in [-0.05, 0) is 19.9 Å². The van der Waals surface area contributed by atoms with Gasteiger partial charge in [-0.1, -0.05) is 0 Å². The van der Waals surface area contributed by atoms with Gasteiger partial charge in [0, 0.05) is 12.7 Å². The van der Waals surface area contributed by atoms with E-state index >= 15 is 0 Å². The maximum absolute atomic E-state index is 13.8. The van der Waals surface area contributed by atoms with Crippen molar-refractivity contribution in [3.63, 3.8) is 0 Å². The molecule has 0 saturated heterocycles. The molecule has 0 atom stereocenters. The lowest BCUT2D eigenvalue weighted by Gasteiger charge is -2.09. The number of carbonyl (C=O) groups excluding carboxylic acids is 3. The summed E-state index contributed by atoms with van der Waals surface area (Å²) >= 11 is 0. The highest BCUT2D eigenvalue weighted by molar-refractivity contribution is 6.24. The summed E-state index contributed by atoms with van der Waals surface area (Å²) in [6.45, 7) is 3.02. The number of Topliss-reactive ketones (excluding diaryl/α,β-unsaturated/α-hetero) is 1. The van der Waals surface area contributed by atoms with Crippen LogP contribution in [0.5, 0.6) is 0 Å². The van der Waals surface area contributed by atoms with Gasteiger partial charge in [0.15, 0.2) is 23.3 Å². The number of carbonyl (C=O) groups is 3. The molecule has 0 saturated carbocycles. The van der Waals surface area contributed by atoms with E-state index in [4.69, 9.17) is 0 Å². The van der Waals surface area contributed by atoms with Gasteiger partial charge in [-0.3, -0.25) is 9.59 Å². The fourth-order valence-corrected chi connectivity index (χ4v) is 1.89. The van der Waals surface area contributed by atoms with E-state index in [9.17, 15) is 31.9 Å². The van der Waals surface area contributed by atoms with E-state index in [2.05, 4.69) is 14.8 Å². The Bertz CT molecular complexity index is 764. The van der Waals surface area contributed by atoms with Crippen LogP contribution in [0.4, 0.5) is 17.6 Å².